The van der Waals surface area contributed by atoms with Crippen LogP contribution in [0, 0.1) is 6.92 Å². The zero-order valence-electron chi connectivity index (χ0n) is 13.8. The van der Waals surface area contributed by atoms with E-state index < -0.39 is 12.0 Å². The van der Waals surface area contributed by atoms with Crippen molar-refractivity contribution in [1.82, 2.24) is 4.90 Å². The van der Waals surface area contributed by atoms with Gasteiger partial charge in [0.15, 0.2) is 0 Å². The molecule has 1 fully saturated rings. The zero-order valence-corrected chi connectivity index (χ0v) is 15.4. The Morgan fingerprint density at radius 3 is 2.25 bits per heavy atom. The molecule has 2 atom stereocenters. The molecular weight excluding hydrogens is 366 g/mol. The van der Waals surface area contributed by atoms with E-state index in [-0.39, 0.29) is 6.04 Å². The van der Waals surface area contributed by atoms with Gasteiger partial charge < -0.3 is 5.11 Å². The SMILES string of the molecule is Cc1ccc(C(c2ccc(Br)cc2)N2CCCCC2C(=O)O)cc1. The molecular formula is C20H22BrNO2. The summed E-state index contributed by atoms with van der Waals surface area (Å²) >= 11 is 3.48. The van der Waals surface area contributed by atoms with Crippen molar-refractivity contribution in [2.45, 2.75) is 38.3 Å². The van der Waals surface area contributed by atoms with Crippen molar-refractivity contribution in [3.05, 3.63) is 69.7 Å². The van der Waals surface area contributed by atoms with E-state index in [9.17, 15) is 9.90 Å². The predicted molar refractivity (Wildman–Crippen MR) is 99.1 cm³/mol. The monoisotopic (exact) mass is 387 g/mol. The van der Waals surface area contributed by atoms with Crippen LogP contribution in [0.5, 0.6) is 0 Å². The number of carboxylic acids is 1. The maximum absolute atomic E-state index is 11.8. The highest BCUT2D eigenvalue weighted by Gasteiger charge is 2.34. The van der Waals surface area contributed by atoms with Crippen molar-refractivity contribution < 1.29 is 9.90 Å². The van der Waals surface area contributed by atoms with Gasteiger partial charge in [0.05, 0.1) is 6.04 Å². The summed E-state index contributed by atoms with van der Waals surface area (Å²) in [4.78, 5) is 13.9. The lowest BCUT2D eigenvalue weighted by molar-refractivity contribution is -0.145. The van der Waals surface area contributed by atoms with Crippen LogP contribution in [0.1, 0.15) is 42.0 Å². The van der Waals surface area contributed by atoms with Gasteiger partial charge in [-0.25, -0.2) is 0 Å². The van der Waals surface area contributed by atoms with Gasteiger partial charge in [-0.3, -0.25) is 9.69 Å². The largest absolute Gasteiger partial charge is 0.480 e. The van der Waals surface area contributed by atoms with Crippen molar-refractivity contribution >= 4 is 21.9 Å². The summed E-state index contributed by atoms with van der Waals surface area (Å²) in [6, 6.07) is 16.2. The second-order valence-corrected chi connectivity index (χ2v) is 7.37. The quantitative estimate of drug-likeness (QED) is 0.819. The maximum Gasteiger partial charge on any atom is 0.320 e. The number of carboxylic acid groups (broad SMARTS) is 1. The molecule has 1 N–H and O–H groups in total. The molecule has 24 heavy (non-hydrogen) atoms. The molecule has 3 rings (SSSR count). The van der Waals surface area contributed by atoms with Crippen LogP contribution >= 0.6 is 15.9 Å². The maximum atomic E-state index is 11.8. The van der Waals surface area contributed by atoms with Gasteiger partial charge in [-0.05, 0) is 49.6 Å². The molecule has 0 aromatic heterocycles. The minimum absolute atomic E-state index is 0.0277. The van der Waals surface area contributed by atoms with Gasteiger partial charge >= 0.3 is 5.97 Å². The lowest BCUT2D eigenvalue weighted by atomic mass is 9.91. The predicted octanol–water partition coefficient (Wildman–Crippen LogP) is 4.79. The molecule has 1 aliphatic heterocycles. The van der Waals surface area contributed by atoms with Crippen LogP contribution in [0.15, 0.2) is 53.0 Å². The van der Waals surface area contributed by atoms with E-state index in [1.807, 2.05) is 12.1 Å². The number of aryl methyl sites for hydroxylation is 1. The fourth-order valence-corrected chi connectivity index (χ4v) is 3.76. The molecule has 0 spiro atoms. The highest BCUT2D eigenvalue weighted by Crippen LogP contribution is 2.34. The second kappa shape index (κ2) is 7.49. The Balaban J connectivity index is 2.05. The van der Waals surface area contributed by atoms with Crippen LogP contribution in [0.3, 0.4) is 0 Å². The van der Waals surface area contributed by atoms with Crippen LogP contribution in [-0.2, 0) is 4.79 Å². The Kier molecular flexibility index (Phi) is 5.36. The second-order valence-electron chi connectivity index (χ2n) is 6.45. The molecule has 1 saturated heterocycles. The number of hydrogen-bond donors (Lipinski definition) is 1. The molecule has 2 aromatic carbocycles. The smallest absolute Gasteiger partial charge is 0.320 e. The van der Waals surface area contributed by atoms with Crippen molar-refractivity contribution in [3.63, 3.8) is 0 Å². The van der Waals surface area contributed by atoms with E-state index in [4.69, 9.17) is 0 Å². The fourth-order valence-electron chi connectivity index (χ4n) is 3.50. The summed E-state index contributed by atoms with van der Waals surface area (Å²) in [5.74, 6) is -0.719. The topological polar surface area (TPSA) is 40.5 Å². The van der Waals surface area contributed by atoms with Gasteiger partial charge in [0, 0.05) is 4.47 Å². The van der Waals surface area contributed by atoms with E-state index >= 15 is 0 Å². The Hall–Kier alpha value is -1.65. The minimum atomic E-state index is -0.719. The number of aliphatic carboxylic acids is 1. The Bertz CT molecular complexity index is 651. The van der Waals surface area contributed by atoms with E-state index in [2.05, 4.69) is 64.2 Å². The molecule has 2 unspecified atom stereocenters. The highest BCUT2D eigenvalue weighted by molar-refractivity contribution is 9.10. The Labute approximate surface area is 151 Å². The summed E-state index contributed by atoms with van der Waals surface area (Å²) < 4.78 is 1.03. The standard InChI is InChI=1S/C20H22BrNO2/c1-14-5-7-15(8-6-14)19(16-9-11-17(21)12-10-16)22-13-3-2-4-18(22)20(23)24/h5-12,18-19H,2-4,13H2,1H3,(H,23,24). The summed E-state index contributed by atoms with van der Waals surface area (Å²) in [5.41, 5.74) is 3.49. The van der Waals surface area contributed by atoms with Crippen LogP contribution < -0.4 is 0 Å². The minimum Gasteiger partial charge on any atom is -0.480 e. The van der Waals surface area contributed by atoms with E-state index in [0.29, 0.717) is 6.42 Å². The number of carbonyl (C=O) groups is 1. The third kappa shape index (κ3) is 3.70. The number of likely N-dealkylation sites (tertiary alicyclic amines) is 1. The first-order valence-electron chi connectivity index (χ1n) is 8.37. The number of nitrogens with zero attached hydrogens (tertiary/aromatic N) is 1. The average Bonchev–Trinajstić information content (AvgIpc) is 2.59. The van der Waals surface area contributed by atoms with Crippen molar-refractivity contribution in [2.75, 3.05) is 6.54 Å². The lowest BCUT2D eigenvalue weighted by Crippen LogP contribution is -2.46. The molecule has 0 aliphatic carbocycles. The third-order valence-corrected chi connectivity index (χ3v) is 5.27. The molecule has 1 aliphatic rings. The van der Waals surface area contributed by atoms with Gasteiger partial charge in [0.2, 0.25) is 0 Å². The zero-order chi connectivity index (χ0) is 17.1. The molecule has 3 nitrogen and oxygen atoms in total. The van der Waals surface area contributed by atoms with Crippen molar-refractivity contribution in [3.8, 4) is 0 Å². The van der Waals surface area contributed by atoms with Gasteiger partial charge in [0.1, 0.15) is 6.04 Å². The van der Waals surface area contributed by atoms with Gasteiger partial charge in [-0.1, -0.05) is 64.3 Å². The number of halogens is 1. The van der Waals surface area contributed by atoms with Gasteiger partial charge in [-0.15, -0.1) is 0 Å². The fraction of sp³-hybridized carbons (Fsp3) is 0.350. The van der Waals surface area contributed by atoms with Crippen LogP contribution in [-0.4, -0.2) is 28.6 Å². The highest BCUT2D eigenvalue weighted by atomic mass is 79.9. The summed E-state index contributed by atoms with van der Waals surface area (Å²) in [6.45, 7) is 2.88. The molecule has 1 heterocycles. The van der Waals surface area contributed by atoms with Gasteiger partial charge in [-0.2, -0.15) is 0 Å². The number of hydrogen-bond acceptors (Lipinski definition) is 2. The van der Waals surface area contributed by atoms with Crippen molar-refractivity contribution in [2.24, 2.45) is 0 Å². The van der Waals surface area contributed by atoms with E-state index in [1.165, 1.54) is 5.56 Å². The Morgan fingerprint density at radius 1 is 1.08 bits per heavy atom. The summed E-state index contributed by atoms with van der Waals surface area (Å²) in [7, 11) is 0. The van der Waals surface area contributed by atoms with E-state index in [0.717, 1.165) is 35.0 Å². The molecule has 0 saturated carbocycles. The molecule has 126 valence electrons. The third-order valence-electron chi connectivity index (χ3n) is 4.74. The van der Waals surface area contributed by atoms with Crippen molar-refractivity contribution in [1.29, 1.82) is 0 Å². The first-order valence-corrected chi connectivity index (χ1v) is 9.16. The number of piperidine rings is 1. The molecule has 4 heteroatoms. The number of rotatable bonds is 4. The van der Waals surface area contributed by atoms with Crippen LogP contribution in [0.4, 0.5) is 0 Å². The Morgan fingerprint density at radius 2 is 1.67 bits per heavy atom. The summed E-state index contributed by atoms with van der Waals surface area (Å²) in [6.07, 6.45) is 2.74. The molecule has 0 bridgehead atoms. The molecule has 0 radical (unpaired) electrons. The first kappa shape index (κ1) is 17.2. The normalized spacial score (nSPS) is 19.8. The molecule has 0 amide bonds. The van der Waals surface area contributed by atoms with Crippen LogP contribution in [0.2, 0.25) is 0 Å². The van der Waals surface area contributed by atoms with Gasteiger partial charge in [0.25, 0.3) is 0 Å². The average molecular weight is 388 g/mol. The molecule has 2 aromatic rings. The number of benzene rings is 2. The lowest BCUT2D eigenvalue weighted by Gasteiger charge is -2.39. The van der Waals surface area contributed by atoms with Crippen LogP contribution in [0.25, 0.3) is 0 Å². The van der Waals surface area contributed by atoms with E-state index in [1.54, 1.807) is 0 Å². The first-order chi connectivity index (χ1) is 11.6. The summed E-state index contributed by atoms with van der Waals surface area (Å²) in [5, 5.41) is 9.69.